The standard InChI is InChI=1S/C17H23ClN2/c1-3-12-11-14(18)5-6-15(12)17(16(19)4-2)13-7-9-20-10-8-13/h3,5-6,11,13,17,19-20H,1,4,7-10H2,2H3. The first kappa shape index (κ1) is 15.3. The second-order valence-corrected chi connectivity index (χ2v) is 5.86. The highest BCUT2D eigenvalue weighted by Gasteiger charge is 2.28. The van der Waals surface area contributed by atoms with Crippen LogP contribution in [-0.4, -0.2) is 18.8 Å². The van der Waals surface area contributed by atoms with Crippen LogP contribution in [0, 0.1) is 11.3 Å². The predicted molar refractivity (Wildman–Crippen MR) is 87.9 cm³/mol. The normalized spacial score (nSPS) is 17.7. The minimum atomic E-state index is 0.201. The summed E-state index contributed by atoms with van der Waals surface area (Å²) in [5.41, 5.74) is 3.10. The van der Waals surface area contributed by atoms with Crippen molar-refractivity contribution >= 4 is 23.4 Å². The summed E-state index contributed by atoms with van der Waals surface area (Å²) >= 11 is 6.09. The molecule has 1 aromatic carbocycles. The van der Waals surface area contributed by atoms with Crippen LogP contribution in [0.15, 0.2) is 24.8 Å². The lowest BCUT2D eigenvalue weighted by Gasteiger charge is -2.32. The van der Waals surface area contributed by atoms with Crippen LogP contribution < -0.4 is 5.32 Å². The van der Waals surface area contributed by atoms with Gasteiger partial charge >= 0.3 is 0 Å². The van der Waals surface area contributed by atoms with Gasteiger partial charge in [0.05, 0.1) is 0 Å². The molecule has 1 atom stereocenters. The number of benzene rings is 1. The Hall–Kier alpha value is -1.12. The lowest BCUT2D eigenvalue weighted by Crippen LogP contribution is -2.33. The van der Waals surface area contributed by atoms with E-state index in [4.69, 9.17) is 17.0 Å². The van der Waals surface area contributed by atoms with E-state index in [-0.39, 0.29) is 5.92 Å². The zero-order valence-electron chi connectivity index (χ0n) is 12.1. The Morgan fingerprint density at radius 1 is 1.50 bits per heavy atom. The third-order valence-electron chi connectivity index (χ3n) is 4.22. The molecule has 1 aliphatic heterocycles. The minimum absolute atomic E-state index is 0.201. The molecule has 2 N–H and O–H groups in total. The van der Waals surface area contributed by atoms with Crippen LogP contribution in [0.1, 0.15) is 43.2 Å². The van der Waals surface area contributed by atoms with Gasteiger partial charge < -0.3 is 10.7 Å². The number of hydrogen-bond donors (Lipinski definition) is 2. The number of rotatable bonds is 5. The smallest absolute Gasteiger partial charge is 0.0412 e. The van der Waals surface area contributed by atoms with Crippen LogP contribution in [0.5, 0.6) is 0 Å². The summed E-state index contributed by atoms with van der Waals surface area (Å²) in [4.78, 5) is 0. The van der Waals surface area contributed by atoms with Crippen molar-refractivity contribution in [2.24, 2.45) is 5.92 Å². The third kappa shape index (κ3) is 3.31. The van der Waals surface area contributed by atoms with Gasteiger partial charge in [0.15, 0.2) is 0 Å². The van der Waals surface area contributed by atoms with E-state index in [0.29, 0.717) is 5.92 Å². The molecule has 3 heteroatoms. The second-order valence-electron chi connectivity index (χ2n) is 5.42. The SMILES string of the molecule is C=Cc1cc(Cl)ccc1C(C(=N)CC)C1CCNCC1. The van der Waals surface area contributed by atoms with Gasteiger partial charge in [0.25, 0.3) is 0 Å². The molecule has 1 unspecified atom stereocenters. The molecule has 0 amide bonds. The Bertz CT molecular complexity index is 490. The minimum Gasteiger partial charge on any atom is -0.317 e. The van der Waals surface area contributed by atoms with Crippen molar-refractivity contribution < 1.29 is 0 Å². The fourth-order valence-corrected chi connectivity index (χ4v) is 3.31. The van der Waals surface area contributed by atoms with Crippen molar-refractivity contribution in [3.05, 3.63) is 40.9 Å². The highest BCUT2D eigenvalue weighted by Crippen LogP contribution is 2.36. The molecule has 108 valence electrons. The Balaban J connectivity index is 2.40. The van der Waals surface area contributed by atoms with E-state index in [9.17, 15) is 0 Å². The maximum atomic E-state index is 8.41. The summed E-state index contributed by atoms with van der Waals surface area (Å²) in [7, 11) is 0. The van der Waals surface area contributed by atoms with Crippen molar-refractivity contribution in [1.29, 1.82) is 5.41 Å². The molecule has 1 aromatic rings. The van der Waals surface area contributed by atoms with Crippen molar-refractivity contribution in [1.82, 2.24) is 5.32 Å². The summed E-state index contributed by atoms with van der Waals surface area (Å²) in [6, 6.07) is 5.97. The maximum absolute atomic E-state index is 8.41. The van der Waals surface area contributed by atoms with Gasteiger partial charge in [-0.05, 0) is 61.5 Å². The number of halogens is 1. The summed E-state index contributed by atoms with van der Waals surface area (Å²) in [5.74, 6) is 0.746. The summed E-state index contributed by atoms with van der Waals surface area (Å²) in [6.45, 7) is 8.07. The largest absolute Gasteiger partial charge is 0.317 e. The van der Waals surface area contributed by atoms with Gasteiger partial charge in [-0.3, -0.25) is 0 Å². The van der Waals surface area contributed by atoms with Gasteiger partial charge in [-0.1, -0.05) is 37.2 Å². The zero-order valence-corrected chi connectivity index (χ0v) is 12.8. The van der Waals surface area contributed by atoms with Gasteiger partial charge in [-0.25, -0.2) is 0 Å². The van der Waals surface area contributed by atoms with Gasteiger partial charge in [-0.15, -0.1) is 0 Å². The van der Waals surface area contributed by atoms with E-state index < -0.39 is 0 Å². The van der Waals surface area contributed by atoms with Crippen LogP contribution >= 0.6 is 11.6 Å². The summed E-state index contributed by atoms with van der Waals surface area (Å²) in [6.07, 6.45) is 4.92. The molecule has 0 saturated carbocycles. The molecule has 2 nitrogen and oxygen atoms in total. The van der Waals surface area contributed by atoms with Crippen molar-refractivity contribution in [3.8, 4) is 0 Å². The molecule has 0 aromatic heterocycles. The average molecular weight is 291 g/mol. The fraction of sp³-hybridized carbons (Fsp3) is 0.471. The molecule has 0 spiro atoms. The average Bonchev–Trinajstić information content (AvgIpc) is 2.49. The topological polar surface area (TPSA) is 35.9 Å². The Labute approximate surface area is 126 Å². The molecule has 1 saturated heterocycles. The highest BCUT2D eigenvalue weighted by molar-refractivity contribution is 6.30. The van der Waals surface area contributed by atoms with Crippen LogP contribution in [0.4, 0.5) is 0 Å². The highest BCUT2D eigenvalue weighted by atomic mass is 35.5. The molecule has 20 heavy (non-hydrogen) atoms. The van der Waals surface area contributed by atoms with Crippen LogP contribution in [0.25, 0.3) is 6.08 Å². The van der Waals surface area contributed by atoms with Gasteiger partial charge in [0.1, 0.15) is 0 Å². The zero-order chi connectivity index (χ0) is 14.5. The molecule has 1 fully saturated rings. The lowest BCUT2D eigenvalue weighted by atomic mass is 9.75. The van der Waals surface area contributed by atoms with Crippen molar-refractivity contribution in [3.63, 3.8) is 0 Å². The van der Waals surface area contributed by atoms with Crippen molar-refractivity contribution in [2.45, 2.75) is 32.1 Å². The third-order valence-corrected chi connectivity index (χ3v) is 4.45. The van der Waals surface area contributed by atoms with Crippen LogP contribution in [0.2, 0.25) is 5.02 Å². The maximum Gasteiger partial charge on any atom is 0.0412 e. The first-order valence-corrected chi connectivity index (χ1v) is 7.75. The monoisotopic (exact) mass is 290 g/mol. The molecule has 0 bridgehead atoms. The van der Waals surface area contributed by atoms with Crippen LogP contribution in [0.3, 0.4) is 0 Å². The van der Waals surface area contributed by atoms with E-state index in [1.54, 1.807) is 0 Å². The number of hydrogen-bond acceptors (Lipinski definition) is 2. The molecule has 1 aliphatic rings. The molecular formula is C17H23ClN2. The predicted octanol–water partition coefficient (Wildman–Crippen LogP) is 4.50. The Kier molecular flexibility index (Phi) is 5.38. The van der Waals surface area contributed by atoms with Gasteiger partial charge in [0.2, 0.25) is 0 Å². The summed E-state index contributed by atoms with van der Waals surface area (Å²) < 4.78 is 0. The quantitative estimate of drug-likeness (QED) is 0.770. The Morgan fingerprint density at radius 3 is 2.80 bits per heavy atom. The van der Waals surface area contributed by atoms with Crippen molar-refractivity contribution in [2.75, 3.05) is 13.1 Å². The first-order valence-electron chi connectivity index (χ1n) is 7.37. The van der Waals surface area contributed by atoms with E-state index in [0.717, 1.165) is 48.6 Å². The molecule has 1 heterocycles. The molecule has 2 rings (SSSR count). The fourth-order valence-electron chi connectivity index (χ4n) is 3.13. The second kappa shape index (κ2) is 7.05. The molecular weight excluding hydrogens is 268 g/mol. The van der Waals surface area contributed by atoms with E-state index >= 15 is 0 Å². The van der Waals surface area contributed by atoms with Gasteiger partial charge in [0, 0.05) is 16.7 Å². The summed E-state index contributed by atoms with van der Waals surface area (Å²) in [5, 5.41) is 12.5. The Morgan fingerprint density at radius 2 is 2.20 bits per heavy atom. The van der Waals surface area contributed by atoms with E-state index in [1.165, 1.54) is 5.56 Å². The van der Waals surface area contributed by atoms with Crippen LogP contribution in [-0.2, 0) is 0 Å². The number of nitrogens with one attached hydrogen (secondary N) is 2. The van der Waals surface area contributed by atoms with E-state index in [2.05, 4.69) is 24.9 Å². The van der Waals surface area contributed by atoms with Gasteiger partial charge in [-0.2, -0.15) is 0 Å². The molecule has 0 radical (unpaired) electrons. The first-order chi connectivity index (χ1) is 9.67. The lowest BCUT2D eigenvalue weighted by molar-refractivity contribution is 0.354. The van der Waals surface area contributed by atoms with E-state index in [1.807, 2.05) is 18.2 Å². The molecule has 0 aliphatic carbocycles. The number of piperidine rings is 1.